The van der Waals surface area contributed by atoms with Gasteiger partial charge in [0.2, 0.25) is 0 Å². The summed E-state index contributed by atoms with van der Waals surface area (Å²) in [4.78, 5) is 14.4. The Morgan fingerprint density at radius 2 is 1.46 bits per heavy atom. The SMILES string of the molecule is O=C1c2ccccc2[C@@](O)(c2ccc(Cl)cc2)N1c1ccccc1. The third-order valence-electron chi connectivity index (χ3n) is 4.32. The van der Waals surface area contributed by atoms with Crippen molar-refractivity contribution >= 4 is 23.2 Å². The monoisotopic (exact) mass is 335 g/mol. The lowest BCUT2D eigenvalue weighted by molar-refractivity contribution is 0.0703. The molecule has 1 aliphatic heterocycles. The summed E-state index contributed by atoms with van der Waals surface area (Å²) in [5.74, 6) is -0.228. The van der Waals surface area contributed by atoms with E-state index in [0.717, 1.165) is 0 Å². The number of para-hydroxylation sites is 1. The predicted molar refractivity (Wildman–Crippen MR) is 94.1 cm³/mol. The van der Waals surface area contributed by atoms with Crippen LogP contribution in [0.15, 0.2) is 78.9 Å². The molecule has 0 saturated carbocycles. The van der Waals surface area contributed by atoms with Crippen molar-refractivity contribution in [1.82, 2.24) is 0 Å². The van der Waals surface area contributed by atoms with E-state index in [9.17, 15) is 9.90 Å². The first kappa shape index (κ1) is 14.9. The van der Waals surface area contributed by atoms with Crippen LogP contribution in [0.2, 0.25) is 5.02 Å². The van der Waals surface area contributed by atoms with E-state index in [-0.39, 0.29) is 5.91 Å². The third kappa shape index (κ3) is 2.06. The highest BCUT2D eigenvalue weighted by atomic mass is 35.5. The fourth-order valence-corrected chi connectivity index (χ4v) is 3.34. The fraction of sp³-hybridized carbons (Fsp3) is 0.0500. The molecule has 0 aliphatic carbocycles. The van der Waals surface area contributed by atoms with E-state index >= 15 is 0 Å². The zero-order valence-electron chi connectivity index (χ0n) is 12.7. The Morgan fingerprint density at radius 1 is 0.833 bits per heavy atom. The van der Waals surface area contributed by atoms with Crippen LogP contribution in [0.5, 0.6) is 0 Å². The maximum Gasteiger partial charge on any atom is 0.261 e. The highest BCUT2D eigenvalue weighted by Gasteiger charge is 2.50. The van der Waals surface area contributed by atoms with Gasteiger partial charge >= 0.3 is 0 Å². The number of halogens is 1. The first-order valence-corrected chi connectivity index (χ1v) is 7.97. The number of hydrogen-bond donors (Lipinski definition) is 1. The molecule has 0 saturated heterocycles. The van der Waals surface area contributed by atoms with E-state index in [1.54, 1.807) is 42.5 Å². The van der Waals surface area contributed by atoms with E-state index in [2.05, 4.69) is 0 Å². The minimum atomic E-state index is -1.57. The van der Waals surface area contributed by atoms with Crippen LogP contribution in [-0.2, 0) is 5.72 Å². The Morgan fingerprint density at radius 3 is 2.17 bits per heavy atom. The summed E-state index contributed by atoms with van der Waals surface area (Å²) >= 11 is 5.98. The smallest absolute Gasteiger partial charge is 0.261 e. The molecule has 3 nitrogen and oxygen atoms in total. The van der Waals surface area contributed by atoms with E-state index in [1.165, 1.54) is 4.90 Å². The number of fused-ring (bicyclic) bond motifs is 1. The third-order valence-corrected chi connectivity index (χ3v) is 4.57. The molecule has 1 atom stereocenters. The van der Waals surface area contributed by atoms with Gasteiger partial charge in [-0.15, -0.1) is 0 Å². The van der Waals surface area contributed by atoms with Crippen molar-refractivity contribution in [2.24, 2.45) is 0 Å². The van der Waals surface area contributed by atoms with E-state index in [0.29, 0.717) is 27.4 Å². The summed E-state index contributed by atoms with van der Waals surface area (Å²) in [6.07, 6.45) is 0. The van der Waals surface area contributed by atoms with Gasteiger partial charge in [0.15, 0.2) is 5.72 Å². The van der Waals surface area contributed by atoms with Crippen LogP contribution in [-0.4, -0.2) is 11.0 Å². The second-order valence-corrected chi connectivity index (χ2v) is 6.14. The average molecular weight is 336 g/mol. The van der Waals surface area contributed by atoms with Gasteiger partial charge in [0.25, 0.3) is 5.91 Å². The number of benzene rings is 3. The molecule has 0 bridgehead atoms. The number of hydrogen-bond acceptors (Lipinski definition) is 2. The fourth-order valence-electron chi connectivity index (χ4n) is 3.21. The maximum atomic E-state index is 13.0. The average Bonchev–Trinajstić information content (AvgIpc) is 2.85. The predicted octanol–water partition coefficient (Wildman–Crippen LogP) is 4.19. The lowest BCUT2D eigenvalue weighted by Crippen LogP contribution is -2.45. The number of amides is 1. The van der Waals surface area contributed by atoms with Gasteiger partial charge in [-0.3, -0.25) is 9.69 Å². The molecule has 3 aromatic carbocycles. The van der Waals surface area contributed by atoms with Crippen LogP contribution in [0.3, 0.4) is 0 Å². The molecule has 1 heterocycles. The summed E-state index contributed by atoms with van der Waals surface area (Å²) in [5.41, 5.74) is 0.727. The van der Waals surface area contributed by atoms with Crippen molar-refractivity contribution in [3.05, 3.63) is 101 Å². The van der Waals surface area contributed by atoms with Crippen molar-refractivity contribution in [3.63, 3.8) is 0 Å². The molecule has 4 heteroatoms. The van der Waals surface area contributed by atoms with Crippen molar-refractivity contribution in [1.29, 1.82) is 0 Å². The van der Waals surface area contributed by atoms with Gasteiger partial charge in [-0.2, -0.15) is 0 Å². The zero-order chi connectivity index (χ0) is 16.7. The van der Waals surface area contributed by atoms with E-state index in [1.807, 2.05) is 36.4 Å². The molecule has 1 amide bonds. The quantitative estimate of drug-likeness (QED) is 0.762. The van der Waals surface area contributed by atoms with Gasteiger partial charge in [-0.1, -0.05) is 60.1 Å². The van der Waals surface area contributed by atoms with Crippen LogP contribution in [0, 0.1) is 0 Å². The van der Waals surface area contributed by atoms with Gasteiger partial charge in [0, 0.05) is 27.4 Å². The van der Waals surface area contributed by atoms with Gasteiger partial charge in [0.1, 0.15) is 0 Å². The minimum absolute atomic E-state index is 0.228. The molecule has 0 aromatic heterocycles. The molecular weight excluding hydrogens is 322 g/mol. The Hall–Kier alpha value is -2.62. The van der Waals surface area contributed by atoms with Crippen LogP contribution in [0.1, 0.15) is 21.5 Å². The zero-order valence-corrected chi connectivity index (χ0v) is 13.4. The number of rotatable bonds is 2. The van der Waals surface area contributed by atoms with Crippen molar-refractivity contribution in [2.75, 3.05) is 4.90 Å². The molecule has 0 radical (unpaired) electrons. The normalized spacial score (nSPS) is 19.4. The van der Waals surface area contributed by atoms with Crippen molar-refractivity contribution in [2.45, 2.75) is 5.72 Å². The Kier molecular flexibility index (Phi) is 3.41. The van der Waals surface area contributed by atoms with Gasteiger partial charge in [-0.25, -0.2) is 0 Å². The Balaban J connectivity index is 1.99. The van der Waals surface area contributed by atoms with Gasteiger partial charge in [0.05, 0.1) is 0 Å². The molecule has 0 unspecified atom stereocenters. The van der Waals surface area contributed by atoms with Gasteiger partial charge < -0.3 is 5.11 Å². The minimum Gasteiger partial charge on any atom is -0.363 e. The highest BCUT2D eigenvalue weighted by molar-refractivity contribution is 6.30. The number of carbonyl (C=O) groups is 1. The largest absolute Gasteiger partial charge is 0.363 e. The molecule has 118 valence electrons. The van der Waals surface area contributed by atoms with Crippen LogP contribution in [0.25, 0.3) is 0 Å². The molecule has 1 N–H and O–H groups in total. The second kappa shape index (κ2) is 5.48. The van der Waals surface area contributed by atoms with Crippen molar-refractivity contribution < 1.29 is 9.90 Å². The number of aliphatic hydroxyl groups is 1. The molecule has 0 fully saturated rings. The molecule has 3 aromatic rings. The number of anilines is 1. The topological polar surface area (TPSA) is 40.5 Å². The summed E-state index contributed by atoms with van der Waals surface area (Å²) in [6.45, 7) is 0. The van der Waals surface area contributed by atoms with Gasteiger partial charge in [-0.05, 0) is 30.3 Å². The van der Waals surface area contributed by atoms with Crippen LogP contribution < -0.4 is 4.90 Å². The Bertz CT molecular complexity index is 908. The molecular formula is C20H14ClNO2. The van der Waals surface area contributed by atoms with Crippen LogP contribution in [0.4, 0.5) is 5.69 Å². The molecule has 1 aliphatic rings. The molecule has 4 rings (SSSR count). The lowest BCUT2D eigenvalue weighted by atomic mass is 9.93. The first-order valence-electron chi connectivity index (χ1n) is 7.60. The van der Waals surface area contributed by atoms with Crippen molar-refractivity contribution in [3.8, 4) is 0 Å². The summed E-state index contributed by atoms with van der Waals surface area (Å²) in [6, 6.07) is 23.2. The summed E-state index contributed by atoms with van der Waals surface area (Å²) in [5, 5.41) is 12.2. The Labute approximate surface area is 144 Å². The number of nitrogens with zero attached hydrogens (tertiary/aromatic N) is 1. The molecule has 0 spiro atoms. The standard InChI is InChI=1S/C20H14ClNO2/c21-15-12-10-14(11-13-15)20(24)18-9-5-4-8-17(18)19(23)22(20)16-6-2-1-3-7-16/h1-13,24H/t20-/m0/s1. The van der Waals surface area contributed by atoms with E-state index in [4.69, 9.17) is 11.6 Å². The first-order chi connectivity index (χ1) is 11.6. The lowest BCUT2D eigenvalue weighted by Gasteiger charge is -2.34. The summed E-state index contributed by atoms with van der Waals surface area (Å²) in [7, 11) is 0. The molecule has 24 heavy (non-hydrogen) atoms. The second-order valence-electron chi connectivity index (χ2n) is 5.70. The summed E-state index contributed by atoms with van der Waals surface area (Å²) < 4.78 is 0. The number of carbonyl (C=O) groups excluding carboxylic acids is 1. The maximum absolute atomic E-state index is 13.0. The van der Waals surface area contributed by atoms with Crippen LogP contribution >= 0.6 is 11.6 Å². The van der Waals surface area contributed by atoms with E-state index < -0.39 is 5.72 Å². The highest BCUT2D eigenvalue weighted by Crippen LogP contribution is 2.44.